The van der Waals surface area contributed by atoms with Crippen LogP contribution in [0.15, 0.2) is 35.1 Å². The predicted octanol–water partition coefficient (Wildman–Crippen LogP) is 1.89. The van der Waals surface area contributed by atoms with Gasteiger partial charge in [0.25, 0.3) is 17.4 Å². The van der Waals surface area contributed by atoms with Crippen LogP contribution in [0.5, 0.6) is 5.75 Å². The first-order valence-corrected chi connectivity index (χ1v) is 12.1. The van der Waals surface area contributed by atoms with Crippen LogP contribution in [0.4, 0.5) is 0 Å². The topological polar surface area (TPSA) is 110 Å². The third-order valence-electron chi connectivity index (χ3n) is 6.67. The van der Waals surface area contributed by atoms with Gasteiger partial charge < -0.3 is 24.8 Å². The highest BCUT2D eigenvalue weighted by Gasteiger charge is 2.32. The van der Waals surface area contributed by atoms with Crippen molar-refractivity contribution in [1.82, 2.24) is 20.1 Å². The Morgan fingerprint density at radius 2 is 1.94 bits per heavy atom. The molecule has 0 radical (unpaired) electrons. The standard InChI is InChI=1S/C26H32N4O5/c1-16(2)8-10-27-26(34)24-20-9-11-29(12-13-30(20)23(32)15-21(24)35-3)22(31)14-19-17-6-4-5-7-18(17)25(33)28-19/h4-7,15-16,19H,8-14H2,1-3H3,(H,27,34)(H,28,33). The summed E-state index contributed by atoms with van der Waals surface area (Å²) >= 11 is 0. The van der Waals surface area contributed by atoms with Crippen molar-refractivity contribution < 1.29 is 19.1 Å². The van der Waals surface area contributed by atoms with Crippen LogP contribution < -0.4 is 20.9 Å². The van der Waals surface area contributed by atoms with Crippen LogP contribution in [0.25, 0.3) is 0 Å². The van der Waals surface area contributed by atoms with E-state index in [0.717, 1.165) is 12.0 Å². The summed E-state index contributed by atoms with van der Waals surface area (Å²) in [4.78, 5) is 53.0. The molecule has 2 aromatic rings. The number of hydrogen-bond acceptors (Lipinski definition) is 5. The van der Waals surface area contributed by atoms with Crippen molar-refractivity contribution in [2.75, 3.05) is 26.7 Å². The largest absolute Gasteiger partial charge is 0.496 e. The lowest BCUT2D eigenvalue weighted by Crippen LogP contribution is -2.36. The fourth-order valence-corrected chi connectivity index (χ4v) is 4.75. The molecule has 1 aromatic carbocycles. The van der Waals surface area contributed by atoms with Crippen molar-refractivity contribution in [2.24, 2.45) is 5.92 Å². The maximum Gasteiger partial charge on any atom is 0.256 e. The molecule has 0 spiro atoms. The van der Waals surface area contributed by atoms with Gasteiger partial charge in [-0.05, 0) is 24.0 Å². The van der Waals surface area contributed by atoms with Crippen molar-refractivity contribution in [3.8, 4) is 5.75 Å². The summed E-state index contributed by atoms with van der Waals surface area (Å²) in [6.07, 6.45) is 1.32. The highest BCUT2D eigenvalue weighted by molar-refractivity contribution is 6.00. The van der Waals surface area contributed by atoms with Gasteiger partial charge in [-0.3, -0.25) is 19.2 Å². The molecule has 3 heterocycles. The third kappa shape index (κ3) is 5.08. The number of benzene rings is 1. The molecule has 9 nitrogen and oxygen atoms in total. The molecule has 2 N–H and O–H groups in total. The third-order valence-corrected chi connectivity index (χ3v) is 6.67. The summed E-state index contributed by atoms with van der Waals surface area (Å²) in [6.45, 7) is 5.68. The Morgan fingerprint density at radius 1 is 1.17 bits per heavy atom. The zero-order chi connectivity index (χ0) is 25.1. The fraction of sp³-hybridized carbons (Fsp3) is 0.462. The van der Waals surface area contributed by atoms with Crippen LogP contribution in [0, 0.1) is 5.92 Å². The number of ether oxygens (including phenoxy) is 1. The molecule has 4 rings (SSSR count). The van der Waals surface area contributed by atoms with Gasteiger partial charge in [-0.2, -0.15) is 0 Å². The molecule has 0 saturated heterocycles. The second kappa shape index (κ2) is 10.3. The number of carbonyl (C=O) groups excluding carboxylic acids is 3. The highest BCUT2D eigenvalue weighted by Crippen LogP contribution is 2.29. The van der Waals surface area contributed by atoms with Gasteiger partial charge in [0.2, 0.25) is 5.91 Å². The average molecular weight is 481 g/mol. The number of nitrogens with one attached hydrogen (secondary N) is 2. The Labute approximate surface area is 204 Å². The maximum atomic E-state index is 13.2. The van der Waals surface area contributed by atoms with E-state index in [1.807, 2.05) is 12.1 Å². The van der Waals surface area contributed by atoms with Gasteiger partial charge in [0.1, 0.15) is 11.3 Å². The van der Waals surface area contributed by atoms with E-state index in [4.69, 9.17) is 4.74 Å². The lowest BCUT2D eigenvalue weighted by atomic mass is 10.0. The second-order valence-electron chi connectivity index (χ2n) is 9.41. The Bertz CT molecular complexity index is 1200. The molecule has 1 aromatic heterocycles. The normalized spacial score (nSPS) is 16.9. The van der Waals surface area contributed by atoms with Crippen LogP contribution in [-0.4, -0.2) is 53.9 Å². The molecular weight excluding hydrogens is 448 g/mol. The zero-order valence-corrected chi connectivity index (χ0v) is 20.4. The SMILES string of the molecule is COc1cc(=O)n2c(c1C(=O)NCCC(C)C)CCN(C(=O)CC1NC(=O)c3ccccc31)CC2. The number of pyridine rings is 1. The molecule has 0 fully saturated rings. The van der Waals surface area contributed by atoms with E-state index in [1.165, 1.54) is 13.2 Å². The minimum atomic E-state index is -0.373. The number of nitrogens with zero attached hydrogens (tertiary/aromatic N) is 2. The van der Waals surface area contributed by atoms with Crippen LogP contribution in [0.1, 0.15) is 64.7 Å². The van der Waals surface area contributed by atoms with E-state index in [0.29, 0.717) is 48.8 Å². The van der Waals surface area contributed by atoms with Crippen LogP contribution in [0.3, 0.4) is 0 Å². The summed E-state index contributed by atoms with van der Waals surface area (Å²) in [6, 6.07) is 8.24. The van der Waals surface area contributed by atoms with E-state index in [1.54, 1.807) is 21.6 Å². The summed E-state index contributed by atoms with van der Waals surface area (Å²) in [7, 11) is 1.44. The lowest BCUT2D eigenvalue weighted by Gasteiger charge is -2.22. The molecule has 0 bridgehead atoms. The van der Waals surface area contributed by atoms with Crippen molar-refractivity contribution >= 4 is 17.7 Å². The number of methoxy groups -OCH3 is 1. The monoisotopic (exact) mass is 480 g/mol. The number of hydrogen-bond donors (Lipinski definition) is 2. The molecule has 0 aliphatic carbocycles. The van der Waals surface area contributed by atoms with Crippen LogP contribution >= 0.6 is 0 Å². The number of amides is 3. The quantitative estimate of drug-likeness (QED) is 0.629. The number of carbonyl (C=O) groups is 3. The molecule has 9 heteroatoms. The van der Waals surface area contributed by atoms with E-state index in [-0.39, 0.29) is 48.0 Å². The molecule has 35 heavy (non-hydrogen) atoms. The maximum absolute atomic E-state index is 13.2. The molecule has 3 amide bonds. The summed E-state index contributed by atoms with van der Waals surface area (Å²) < 4.78 is 6.96. The van der Waals surface area contributed by atoms with E-state index in [2.05, 4.69) is 24.5 Å². The van der Waals surface area contributed by atoms with Gasteiger partial charge in [-0.15, -0.1) is 0 Å². The number of aromatic nitrogens is 1. The van der Waals surface area contributed by atoms with Gasteiger partial charge in [0.15, 0.2) is 0 Å². The molecule has 1 unspecified atom stereocenters. The minimum Gasteiger partial charge on any atom is -0.496 e. The number of fused-ring (bicyclic) bond motifs is 2. The van der Waals surface area contributed by atoms with E-state index < -0.39 is 0 Å². The highest BCUT2D eigenvalue weighted by atomic mass is 16.5. The van der Waals surface area contributed by atoms with Crippen molar-refractivity contribution in [1.29, 1.82) is 0 Å². The molecule has 1 atom stereocenters. The lowest BCUT2D eigenvalue weighted by molar-refractivity contribution is -0.131. The number of rotatable bonds is 7. The van der Waals surface area contributed by atoms with Gasteiger partial charge in [0.05, 0.1) is 19.6 Å². The second-order valence-corrected chi connectivity index (χ2v) is 9.41. The Kier molecular flexibility index (Phi) is 7.23. The van der Waals surface area contributed by atoms with E-state index in [9.17, 15) is 19.2 Å². The van der Waals surface area contributed by atoms with Crippen LogP contribution in [0.2, 0.25) is 0 Å². The minimum absolute atomic E-state index is 0.109. The first-order valence-electron chi connectivity index (χ1n) is 12.1. The van der Waals surface area contributed by atoms with Crippen molar-refractivity contribution in [3.63, 3.8) is 0 Å². The smallest absolute Gasteiger partial charge is 0.256 e. The van der Waals surface area contributed by atoms with Crippen LogP contribution in [-0.2, 0) is 17.8 Å². The summed E-state index contributed by atoms with van der Waals surface area (Å²) in [5.41, 5.74) is 2.08. The Balaban J connectivity index is 1.52. The predicted molar refractivity (Wildman–Crippen MR) is 131 cm³/mol. The molecule has 186 valence electrons. The van der Waals surface area contributed by atoms with Gasteiger partial charge in [0, 0.05) is 49.9 Å². The fourth-order valence-electron chi connectivity index (χ4n) is 4.75. The van der Waals surface area contributed by atoms with Crippen molar-refractivity contribution in [2.45, 2.75) is 45.7 Å². The molecule has 2 aliphatic heterocycles. The first kappa shape index (κ1) is 24.5. The molecule has 0 saturated carbocycles. The summed E-state index contributed by atoms with van der Waals surface area (Å²) in [5, 5.41) is 5.82. The zero-order valence-electron chi connectivity index (χ0n) is 20.4. The molecular formula is C26H32N4O5. The summed E-state index contributed by atoms with van der Waals surface area (Å²) in [5.74, 6) is 0.129. The Morgan fingerprint density at radius 3 is 2.69 bits per heavy atom. The average Bonchev–Trinajstić information content (AvgIpc) is 2.99. The van der Waals surface area contributed by atoms with Gasteiger partial charge in [-0.25, -0.2) is 0 Å². The first-order chi connectivity index (χ1) is 16.8. The Hall–Kier alpha value is -3.62. The van der Waals surface area contributed by atoms with Gasteiger partial charge in [-0.1, -0.05) is 32.0 Å². The van der Waals surface area contributed by atoms with E-state index >= 15 is 0 Å². The molecule has 2 aliphatic rings. The van der Waals surface area contributed by atoms with Gasteiger partial charge >= 0.3 is 0 Å². The van der Waals surface area contributed by atoms with Crippen molar-refractivity contribution in [3.05, 3.63) is 63.1 Å².